The van der Waals surface area contributed by atoms with E-state index in [1.165, 1.54) is 12.1 Å². The molecule has 1 atom stereocenters. The van der Waals surface area contributed by atoms with Crippen molar-refractivity contribution in [2.75, 3.05) is 54.7 Å². The van der Waals surface area contributed by atoms with Gasteiger partial charge in [-0.3, -0.25) is 4.79 Å². The van der Waals surface area contributed by atoms with Gasteiger partial charge in [-0.1, -0.05) is 33.8 Å². The smallest absolute Gasteiger partial charge is 0.163 e. The molecule has 0 fully saturated rings. The van der Waals surface area contributed by atoms with Crippen LogP contribution in [0.15, 0.2) is 36.4 Å². The SMILES string of the molecule is [2H]C([2H])([2H])Oc1ccc(C(=O)CC(C)C)cc1OCCCOC.[2H]C([2H])([2H])Oc1ccc(C(O)CC(C)C)cc1OCCCOC. The molecule has 0 aliphatic carbocycles. The molecule has 2 aromatic carbocycles. The zero-order valence-corrected chi connectivity index (χ0v) is 24.7. The molecule has 0 aromatic heterocycles. The van der Waals surface area contributed by atoms with Gasteiger partial charge in [-0.25, -0.2) is 0 Å². The standard InChI is InChI=1S/C16H26O4.C16H24O4/c2*1-12(2)10-14(17)13-6-7-15(19-4)16(11-13)20-9-5-8-18-3/h6-7,11-12,14,17H,5,8-10H2,1-4H3;6-7,11-12H,5,8-10H2,1-4H3/i2*4D3. The Balaban J connectivity index is 0.000000460. The van der Waals surface area contributed by atoms with Gasteiger partial charge >= 0.3 is 0 Å². The summed E-state index contributed by atoms with van der Waals surface area (Å²) in [4.78, 5) is 12.2. The van der Waals surface area contributed by atoms with E-state index in [2.05, 4.69) is 0 Å². The highest BCUT2D eigenvalue weighted by molar-refractivity contribution is 5.96. The Kier molecular flexibility index (Phi) is 13.1. The number of aliphatic hydroxyl groups excluding tert-OH is 1. The number of ether oxygens (including phenoxy) is 6. The molecule has 8 nitrogen and oxygen atoms in total. The van der Waals surface area contributed by atoms with Crippen LogP contribution in [0.5, 0.6) is 23.0 Å². The molecular formula is C32H50O8. The molecule has 226 valence electrons. The minimum absolute atomic E-state index is 0.0119. The van der Waals surface area contributed by atoms with Crippen molar-refractivity contribution in [1.29, 1.82) is 0 Å². The van der Waals surface area contributed by atoms with E-state index in [1.54, 1.807) is 38.5 Å². The average molecular weight is 569 g/mol. The number of carbonyl (C=O) groups excluding carboxylic acids is 1. The third kappa shape index (κ3) is 13.5. The Hall–Kier alpha value is -2.81. The molecule has 0 bridgehead atoms. The summed E-state index contributed by atoms with van der Waals surface area (Å²) >= 11 is 0. The number of hydrogen-bond donors (Lipinski definition) is 1. The van der Waals surface area contributed by atoms with Crippen LogP contribution in [0.3, 0.4) is 0 Å². The van der Waals surface area contributed by atoms with Crippen molar-refractivity contribution in [3.63, 3.8) is 0 Å². The number of Topliss-reactive ketones (excluding diaryl/α,β-unsaturated/α-hetero) is 1. The highest BCUT2D eigenvalue weighted by Gasteiger charge is 2.14. The van der Waals surface area contributed by atoms with Gasteiger partial charge in [0.1, 0.15) is 0 Å². The zero-order valence-electron chi connectivity index (χ0n) is 30.7. The van der Waals surface area contributed by atoms with Crippen LogP contribution in [0.4, 0.5) is 0 Å². The van der Waals surface area contributed by atoms with Crippen molar-refractivity contribution in [2.24, 2.45) is 11.8 Å². The molecule has 40 heavy (non-hydrogen) atoms. The number of ketones is 1. The molecule has 0 heterocycles. The van der Waals surface area contributed by atoms with Gasteiger partial charge in [0.25, 0.3) is 0 Å². The number of methoxy groups -OCH3 is 4. The topological polar surface area (TPSA) is 92.7 Å². The van der Waals surface area contributed by atoms with Gasteiger partial charge in [0.2, 0.25) is 0 Å². The van der Waals surface area contributed by atoms with Crippen LogP contribution in [-0.2, 0) is 9.47 Å². The van der Waals surface area contributed by atoms with Crippen molar-refractivity contribution in [3.8, 4) is 23.0 Å². The summed E-state index contributed by atoms with van der Waals surface area (Å²) in [5.41, 5.74) is 1.16. The molecule has 0 spiro atoms. The van der Waals surface area contributed by atoms with Crippen molar-refractivity contribution in [2.45, 2.75) is 59.5 Å². The first-order chi connectivity index (χ1) is 21.5. The van der Waals surface area contributed by atoms with Crippen molar-refractivity contribution >= 4 is 5.78 Å². The second-order valence-electron chi connectivity index (χ2n) is 10.1. The van der Waals surface area contributed by atoms with Gasteiger partial charge in [0.05, 0.1) is 41.6 Å². The van der Waals surface area contributed by atoms with Crippen LogP contribution >= 0.6 is 0 Å². The lowest BCUT2D eigenvalue weighted by atomic mass is 9.99. The van der Waals surface area contributed by atoms with E-state index in [4.69, 9.17) is 36.6 Å². The highest BCUT2D eigenvalue weighted by atomic mass is 16.5. The Morgan fingerprint density at radius 2 is 1.32 bits per heavy atom. The summed E-state index contributed by atoms with van der Waals surface area (Å²) in [6.45, 7) is 9.77. The molecule has 0 aliphatic rings. The maximum absolute atomic E-state index is 12.2. The molecule has 0 aliphatic heterocycles. The fraction of sp³-hybridized carbons (Fsp3) is 0.594. The van der Waals surface area contributed by atoms with Crippen molar-refractivity contribution in [1.82, 2.24) is 0 Å². The van der Waals surface area contributed by atoms with Gasteiger partial charge < -0.3 is 33.5 Å². The number of rotatable bonds is 18. The van der Waals surface area contributed by atoms with Crippen LogP contribution in [0.2, 0.25) is 0 Å². The van der Waals surface area contributed by atoms with Crippen molar-refractivity contribution in [3.05, 3.63) is 47.5 Å². The fourth-order valence-electron chi connectivity index (χ4n) is 3.65. The Morgan fingerprint density at radius 3 is 1.82 bits per heavy atom. The maximum atomic E-state index is 12.2. The first kappa shape index (κ1) is 26.1. The minimum atomic E-state index is -2.58. The molecule has 1 unspecified atom stereocenters. The normalized spacial score (nSPS) is 14.4. The number of carbonyl (C=O) groups is 1. The van der Waals surface area contributed by atoms with E-state index < -0.39 is 20.2 Å². The van der Waals surface area contributed by atoms with E-state index in [-0.39, 0.29) is 28.9 Å². The van der Waals surface area contributed by atoms with Gasteiger partial charge in [0, 0.05) is 52.3 Å². The van der Waals surface area contributed by atoms with Gasteiger partial charge in [0.15, 0.2) is 28.8 Å². The van der Waals surface area contributed by atoms with Crippen LogP contribution in [0, 0.1) is 11.8 Å². The Labute approximate surface area is 249 Å². The summed E-state index contributed by atoms with van der Waals surface area (Å²) in [6.07, 6.45) is 1.72. The monoisotopic (exact) mass is 568 g/mol. The maximum Gasteiger partial charge on any atom is 0.163 e. The first-order valence-electron chi connectivity index (χ1n) is 16.6. The molecule has 0 saturated carbocycles. The lowest BCUT2D eigenvalue weighted by Gasteiger charge is -2.16. The predicted octanol–water partition coefficient (Wildman–Crippen LogP) is 6.53. The highest BCUT2D eigenvalue weighted by Crippen LogP contribution is 2.32. The Bertz CT molecular complexity index is 1170. The molecule has 2 aromatic rings. The predicted molar refractivity (Wildman–Crippen MR) is 158 cm³/mol. The summed E-state index contributed by atoms with van der Waals surface area (Å²) in [5.74, 6) is 1.39. The van der Waals surface area contributed by atoms with E-state index in [0.29, 0.717) is 74.9 Å². The molecule has 8 heteroatoms. The lowest BCUT2D eigenvalue weighted by molar-refractivity contribution is 0.0967. The van der Waals surface area contributed by atoms with E-state index in [1.807, 2.05) is 27.7 Å². The Morgan fingerprint density at radius 1 is 0.775 bits per heavy atom. The summed E-state index contributed by atoms with van der Waals surface area (Å²) in [7, 11) is -1.93. The van der Waals surface area contributed by atoms with Crippen LogP contribution in [0.1, 0.15) is 83.6 Å². The first-order valence-corrected chi connectivity index (χ1v) is 13.6. The van der Waals surface area contributed by atoms with Gasteiger partial charge in [-0.2, -0.15) is 0 Å². The zero-order chi connectivity index (χ0) is 34.9. The van der Waals surface area contributed by atoms with E-state index >= 15 is 0 Å². The summed E-state index contributed by atoms with van der Waals surface area (Å²) < 4.78 is 74.3. The number of hydrogen-bond acceptors (Lipinski definition) is 8. The molecule has 1 N–H and O–H groups in total. The minimum Gasteiger partial charge on any atom is -0.493 e. The average Bonchev–Trinajstić information content (AvgIpc) is 2.93. The molecule has 0 radical (unpaired) electrons. The molecular weight excluding hydrogens is 512 g/mol. The second-order valence-corrected chi connectivity index (χ2v) is 10.1. The van der Waals surface area contributed by atoms with Crippen LogP contribution < -0.4 is 18.9 Å². The molecule has 2 rings (SSSR count). The van der Waals surface area contributed by atoms with Gasteiger partial charge in [-0.15, -0.1) is 0 Å². The molecule has 0 saturated heterocycles. The second kappa shape index (κ2) is 20.1. The third-order valence-electron chi connectivity index (χ3n) is 5.63. The largest absolute Gasteiger partial charge is 0.493 e. The lowest BCUT2D eigenvalue weighted by Crippen LogP contribution is -2.06. The number of benzene rings is 2. The van der Waals surface area contributed by atoms with Crippen LogP contribution in [0.25, 0.3) is 0 Å². The van der Waals surface area contributed by atoms with E-state index in [9.17, 15) is 9.90 Å². The number of aliphatic hydroxyl groups is 1. The van der Waals surface area contributed by atoms with Crippen LogP contribution in [-0.4, -0.2) is 65.6 Å². The van der Waals surface area contributed by atoms with Gasteiger partial charge in [-0.05, 0) is 54.2 Å². The molecule has 0 amide bonds. The summed E-state index contributed by atoms with van der Waals surface area (Å²) in [5, 5.41) is 10.2. The summed E-state index contributed by atoms with van der Waals surface area (Å²) in [6, 6.07) is 9.39. The third-order valence-corrected chi connectivity index (χ3v) is 5.63. The van der Waals surface area contributed by atoms with Crippen molar-refractivity contribution < 1.29 is 46.5 Å². The van der Waals surface area contributed by atoms with E-state index in [0.717, 1.165) is 0 Å². The quantitative estimate of drug-likeness (QED) is 0.160. The fourth-order valence-corrected chi connectivity index (χ4v) is 3.65.